The molecule has 2 fully saturated rings. The summed E-state index contributed by atoms with van der Waals surface area (Å²) in [6, 6.07) is 0.720. The van der Waals surface area contributed by atoms with Crippen molar-refractivity contribution in [2.45, 2.75) is 37.8 Å². The SMILES string of the molecule is CCNC1(CN)CCN2CCCC21. The number of nitrogens with one attached hydrogen (secondary N) is 1. The molecule has 2 aliphatic heterocycles. The molecule has 13 heavy (non-hydrogen) atoms. The molecule has 3 N–H and O–H groups in total. The monoisotopic (exact) mass is 183 g/mol. The van der Waals surface area contributed by atoms with Crippen LogP contribution in [0.1, 0.15) is 26.2 Å². The molecule has 0 radical (unpaired) electrons. The molecular weight excluding hydrogens is 162 g/mol. The second-order valence-electron chi connectivity index (χ2n) is 4.33. The Hall–Kier alpha value is -0.120. The van der Waals surface area contributed by atoms with Crippen molar-refractivity contribution in [3.63, 3.8) is 0 Å². The van der Waals surface area contributed by atoms with Crippen LogP contribution in [0.3, 0.4) is 0 Å². The van der Waals surface area contributed by atoms with Crippen molar-refractivity contribution < 1.29 is 0 Å². The Morgan fingerprint density at radius 3 is 3.08 bits per heavy atom. The third kappa shape index (κ3) is 1.39. The summed E-state index contributed by atoms with van der Waals surface area (Å²) in [4.78, 5) is 2.61. The number of hydrogen-bond donors (Lipinski definition) is 2. The van der Waals surface area contributed by atoms with Crippen LogP contribution in [0.4, 0.5) is 0 Å². The van der Waals surface area contributed by atoms with Crippen molar-refractivity contribution in [2.75, 3.05) is 26.2 Å². The second-order valence-corrected chi connectivity index (χ2v) is 4.33. The van der Waals surface area contributed by atoms with Gasteiger partial charge in [0.25, 0.3) is 0 Å². The van der Waals surface area contributed by atoms with Crippen molar-refractivity contribution in [3.05, 3.63) is 0 Å². The van der Waals surface area contributed by atoms with E-state index in [2.05, 4.69) is 17.1 Å². The minimum atomic E-state index is 0.241. The van der Waals surface area contributed by atoms with Crippen molar-refractivity contribution >= 4 is 0 Å². The van der Waals surface area contributed by atoms with E-state index in [1.54, 1.807) is 0 Å². The zero-order valence-electron chi connectivity index (χ0n) is 8.55. The molecule has 2 aliphatic rings. The largest absolute Gasteiger partial charge is 0.329 e. The second kappa shape index (κ2) is 3.56. The first-order valence-electron chi connectivity index (χ1n) is 5.51. The molecule has 2 unspecified atom stereocenters. The Kier molecular flexibility index (Phi) is 2.58. The van der Waals surface area contributed by atoms with Crippen LogP contribution in [-0.2, 0) is 0 Å². The molecule has 3 heteroatoms. The molecule has 76 valence electrons. The maximum absolute atomic E-state index is 5.92. The molecule has 2 heterocycles. The van der Waals surface area contributed by atoms with Crippen LogP contribution >= 0.6 is 0 Å². The fourth-order valence-corrected chi connectivity index (χ4v) is 3.10. The molecule has 2 atom stereocenters. The lowest BCUT2D eigenvalue weighted by atomic mass is 9.88. The van der Waals surface area contributed by atoms with Gasteiger partial charge in [-0.05, 0) is 32.4 Å². The molecule has 0 aromatic carbocycles. The van der Waals surface area contributed by atoms with Gasteiger partial charge in [-0.2, -0.15) is 0 Å². The van der Waals surface area contributed by atoms with Gasteiger partial charge >= 0.3 is 0 Å². The van der Waals surface area contributed by atoms with Crippen LogP contribution in [0.25, 0.3) is 0 Å². The van der Waals surface area contributed by atoms with E-state index in [9.17, 15) is 0 Å². The Morgan fingerprint density at radius 2 is 2.38 bits per heavy atom. The van der Waals surface area contributed by atoms with Gasteiger partial charge in [0.05, 0.1) is 0 Å². The van der Waals surface area contributed by atoms with E-state index in [-0.39, 0.29) is 5.54 Å². The molecule has 3 nitrogen and oxygen atoms in total. The molecule has 0 bridgehead atoms. The third-order valence-corrected chi connectivity index (χ3v) is 3.74. The molecule has 0 spiro atoms. The van der Waals surface area contributed by atoms with Gasteiger partial charge in [-0.15, -0.1) is 0 Å². The first kappa shape index (κ1) is 9.44. The van der Waals surface area contributed by atoms with Gasteiger partial charge in [-0.1, -0.05) is 6.92 Å². The maximum atomic E-state index is 5.92. The van der Waals surface area contributed by atoms with Gasteiger partial charge < -0.3 is 11.1 Å². The van der Waals surface area contributed by atoms with E-state index >= 15 is 0 Å². The average Bonchev–Trinajstić information content (AvgIpc) is 2.69. The quantitative estimate of drug-likeness (QED) is 0.655. The maximum Gasteiger partial charge on any atom is 0.0473 e. The summed E-state index contributed by atoms with van der Waals surface area (Å²) in [5.41, 5.74) is 6.16. The number of rotatable bonds is 3. The van der Waals surface area contributed by atoms with Crippen molar-refractivity contribution in [1.82, 2.24) is 10.2 Å². The van der Waals surface area contributed by atoms with E-state index in [0.29, 0.717) is 0 Å². The van der Waals surface area contributed by atoms with Crippen LogP contribution in [0.15, 0.2) is 0 Å². The number of hydrogen-bond acceptors (Lipinski definition) is 3. The predicted octanol–water partition coefficient (Wildman–Crippen LogP) is 0.162. The number of nitrogens with zero attached hydrogens (tertiary/aromatic N) is 1. The fourth-order valence-electron chi connectivity index (χ4n) is 3.10. The first-order valence-corrected chi connectivity index (χ1v) is 5.51. The van der Waals surface area contributed by atoms with Crippen molar-refractivity contribution in [2.24, 2.45) is 5.73 Å². The third-order valence-electron chi connectivity index (χ3n) is 3.74. The van der Waals surface area contributed by atoms with Gasteiger partial charge in [0.15, 0.2) is 0 Å². The molecular formula is C10H21N3. The predicted molar refractivity (Wildman–Crippen MR) is 54.7 cm³/mol. The zero-order valence-corrected chi connectivity index (χ0v) is 8.55. The molecule has 0 saturated carbocycles. The highest BCUT2D eigenvalue weighted by molar-refractivity contribution is 5.08. The molecule has 2 saturated heterocycles. The number of nitrogens with two attached hydrogens (primary N) is 1. The Labute approximate surface area is 80.7 Å². The lowest BCUT2D eigenvalue weighted by Crippen LogP contribution is -2.57. The molecule has 0 amide bonds. The van der Waals surface area contributed by atoms with Gasteiger partial charge in [-0.3, -0.25) is 4.90 Å². The highest BCUT2D eigenvalue weighted by atomic mass is 15.3. The van der Waals surface area contributed by atoms with Crippen molar-refractivity contribution in [1.29, 1.82) is 0 Å². The van der Waals surface area contributed by atoms with Crippen LogP contribution in [0.2, 0.25) is 0 Å². The fraction of sp³-hybridized carbons (Fsp3) is 1.00. The summed E-state index contributed by atoms with van der Waals surface area (Å²) in [6.45, 7) is 6.55. The molecule has 0 aromatic heterocycles. The van der Waals surface area contributed by atoms with Gasteiger partial charge in [0.2, 0.25) is 0 Å². The lowest BCUT2D eigenvalue weighted by molar-refractivity contribution is 0.232. The highest BCUT2D eigenvalue weighted by Gasteiger charge is 2.47. The number of fused-ring (bicyclic) bond motifs is 1. The van der Waals surface area contributed by atoms with E-state index in [4.69, 9.17) is 5.73 Å². The van der Waals surface area contributed by atoms with Crippen molar-refractivity contribution in [3.8, 4) is 0 Å². The normalized spacial score (nSPS) is 39.7. The average molecular weight is 183 g/mol. The van der Waals surface area contributed by atoms with Gasteiger partial charge in [0.1, 0.15) is 0 Å². The van der Waals surface area contributed by atoms with E-state index < -0.39 is 0 Å². The van der Waals surface area contributed by atoms with E-state index in [1.807, 2.05) is 0 Å². The summed E-state index contributed by atoms with van der Waals surface area (Å²) < 4.78 is 0. The number of likely N-dealkylation sites (N-methyl/N-ethyl adjacent to an activating group) is 1. The van der Waals surface area contributed by atoms with Crippen LogP contribution in [0.5, 0.6) is 0 Å². The molecule has 0 aromatic rings. The molecule has 2 rings (SSSR count). The topological polar surface area (TPSA) is 41.3 Å². The summed E-state index contributed by atoms with van der Waals surface area (Å²) in [5.74, 6) is 0. The van der Waals surface area contributed by atoms with Gasteiger partial charge in [0, 0.05) is 24.7 Å². The Morgan fingerprint density at radius 1 is 1.54 bits per heavy atom. The smallest absolute Gasteiger partial charge is 0.0473 e. The summed E-state index contributed by atoms with van der Waals surface area (Å²) in [5, 5.41) is 3.61. The highest BCUT2D eigenvalue weighted by Crippen LogP contribution is 2.35. The minimum absolute atomic E-state index is 0.241. The first-order chi connectivity index (χ1) is 6.32. The standard InChI is InChI=1S/C10H21N3/c1-2-12-10(8-11)5-7-13-6-3-4-9(10)13/h9,12H,2-8,11H2,1H3. The lowest BCUT2D eigenvalue weighted by Gasteiger charge is -2.35. The van der Waals surface area contributed by atoms with E-state index in [1.165, 1.54) is 32.4 Å². The summed E-state index contributed by atoms with van der Waals surface area (Å²) in [6.07, 6.45) is 3.93. The van der Waals surface area contributed by atoms with Crippen LogP contribution in [0, 0.1) is 0 Å². The minimum Gasteiger partial charge on any atom is -0.329 e. The summed E-state index contributed by atoms with van der Waals surface area (Å²) in [7, 11) is 0. The van der Waals surface area contributed by atoms with E-state index in [0.717, 1.165) is 19.1 Å². The van der Waals surface area contributed by atoms with Crippen LogP contribution in [-0.4, -0.2) is 42.7 Å². The van der Waals surface area contributed by atoms with Gasteiger partial charge in [-0.25, -0.2) is 0 Å². The summed E-state index contributed by atoms with van der Waals surface area (Å²) >= 11 is 0. The zero-order chi connectivity index (χ0) is 9.31. The Bertz CT molecular complexity index is 179. The molecule has 0 aliphatic carbocycles. The van der Waals surface area contributed by atoms with Crippen LogP contribution < -0.4 is 11.1 Å². The Balaban J connectivity index is 2.11.